The van der Waals surface area contributed by atoms with E-state index in [2.05, 4.69) is 84.9 Å². The molecule has 3 aliphatic heterocycles. The zero-order valence-corrected chi connectivity index (χ0v) is 25.6. The summed E-state index contributed by atoms with van der Waals surface area (Å²) in [6, 6.07) is 17.6. The van der Waals surface area contributed by atoms with Gasteiger partial charge in [-0.3, -0.25) is 24.6 Å². The molecule has 3 fully saturated rings. The number of anilines is 1. The number of benzene rings is 2. The molecule has 220 valence electrons. The van der Waals surface area contributed by atoms with Crippen LogP contribution in [0.5, 0.6) is 0 Å². The second-order valence-corrected chi connectivity index (χ2v) is 12.9. The highest BCUT2D eigenvalue weighted by molar-refractivity contribution is 9.10. The van der Waals surface area contributed by atoms with Gasteiger partial charge in [-0.05, 0) is 64.0 Å². The van der Waals surface area contributed by atoms with Crippen LogP contribution in [0.3, 0.4) is 0 Å². The molecule has 42 heavy (non-hydrogen) atoms. The number of imide groups is 1. The van der Waals surface area contributed by atoms with Crippen LogP contribution < -0.4 is 16.2 Å². The van der Waals surface area contributed by atoms with Gasteiger partial charge in [0.1, 0.15) is 4.47 Å². The third-order valence-corrected chi connectivity index (χ3v) is 9.68. The first-order chi connectivity index (χ1) is 20.2. The molecule has 2 N–H and O–H groups in total. The van der Waals surface area contributed by atoms with Crippen molar-refractivity contribution in [2.45, 2.75) is 49.6 Å². The van der Waals surface area contributed by atoms with Crippen molar-refractivity contribution in [2.24, 2.45) is 7.05 Å². The van der Waals surface area contributed by atoms with E-state index in [1.54, 1.807) is 13.2 Å². The Morgan fingerprint density at radius 3 is 2.48 bits per heavy atom. The molecule has 3 saturated heterocycles. The Labute approximate surface area is 254 Å². The van der Waals surface area contributed by atoms with E-state index in [-0.39, 0.29) is 29.3 Å². The van der Waals surface area contributed by atoms with Crippen molar-refractivity contribution in [1.29, 1.82) is 0 Å². The minimum absolute atomic E-state index is 0.148. The van der Waals surface area contributed by atoms with Crippen LogP contribution in [0.15, 0.2) is 64.0 Å². The minimum atomic E-state index is -0.237. The first-order valence-corrected chi connectivity index (χ1v) is 15.4. The quantitative estimate of drug-likeness (QED) is 0.384. The largest absolute Gasteiger partial charge is 0.379 e. The molecule has 4 heterocycles. The van der Waals surface area contributed by atoms with Crippen LogP contribution in [0, 0.1) is 0 Å². The zero-order chi connectivity index (χ0) is 29.4. The second-order valence-electron chi connectivity index (χ2n) is 12.1. The average molecular weight is 634 g/mol. The predicted molar refractivity (Wildman–Crippen MR) is 165 cm³/mol. The summed E-state index contributed by atoms with van der Waals surface area (Å²) in [7, 11) is 3.79. The lowest BCUT2D eigenvalue weighted by Crippen LogP contribution is -2.44. The Morgan fingerprint density at radius 2 is 1.71 bits per heavy atom. The van der Waals surface area contributed by atoms with Gasteiger partial charge in [-0.1, -0.05) is 48.5 Å². The van der Waals surface area contributed by atoms with Crippen LogP contribution in [-0.4, -0.2) is 70.7 Å². The number of amides is 2. The molecule has 1 aromatic heterocycles. The minimum Gasteiger partial charge on any atom is -0.379 e. The smallest absolute Gasteiger partial charge is 0.282 e. The Kier molecular flexibility index (Phi) is 8.29. The van der Waals surface area contributed by atoms with Crippen LogP contribution >= 0.6 is 15.9 Å². The van der Waals surface area contributed by atoms with Crippen molar-refractivity contribution in [2.75, 3.05) is 38.5 Å². The molecule has 2 aromatic carbocycles. The number of aryl methyl sites for hydroxylation is 1. The van der Waals surface area contributed by atoms with E-state index in [1.807, 2.05) is 12.1 Å². The molecule has 0 saturated carbocycles. The van der Waals surface area contributed by atoms with Crippen LogP contribution in [0.4, 0.5) is 5.69 Å². The lowest BCUT2D eigenvalue weighted by atomic mass is 9.85. The van der Waals surface area contributed by atoms with Gasteiger partial charge in [-0.15, -0.1) is 0 Å². The van der Waals surface area contributed by atoms with Crippen molar-refractivity contribution >= 4 is 33.4 Å². The normalized spacial score (nSPS) is 23.8. The highest BCUT2D eigenvalue weighted by Crippen LogP contribution is 2.33. The summed E-state index contributed by atoms with van der Waals surface area (Å²) in [4.78, 5) is 40.9. The first kappa shape index (κ1) is 28.8. The van der Waals surface area contributed by atoms with Gasteiger partial charge in [0.05, 0.1) is 17.8 Å². The maximum Gasteiger partial charge on any atom is 0.282 e. The summed E-state index contributed by atoms with van der Waals surface area (Å²) in [6.45, 7) is 4.81. The predicted octanol–water partition coefficient (Wildman–Crippen LogP) is 3.56. The number of likely N-dealkylation sites (tertiary alicyclic amines) is 2. The third-order valence-electron chi connectivity index (χ3n) is 8.91. The number of hydrogen-bond acceptors (Lipinski definition) is 7. The van der Waals surface area contributed by atoms with Crippen LogP contribution in [0.25, 0.3) is 0 Å². The summed E-state index contributed by atoms with van der Waals surface area (Å²) < 4.78 is 1.85. The SMILES string of the molecule is CN1C[C@H](Nc2cnn(C)c(=O)c2Br)C[C@H](c2ccc(CN3CC(c4cccc(C5CCC(=O)NC5=O)c4)C3)cc2)C1. The van der Waals surface area contributed by atoms with Gasteiger partial charge in [-0.2, -0.15) is 5.10 Å². The van der Waals surface area contributed by atoms with Gasteiger partial charge in [0.2, 0.25) is 11.8 Å². The molecule has 3 aliphatic rings. The monoisotopic (exact) mass is 632 g/mol. The van der Waals surface area contributed by atoms with Crippen LogP contribution in [-0.2, 0) is 23.2 Å². The topological polar surface area (TPSA) is 99.6 Å². The Bertz CT molecular complexity index is 1530. The second kappa shape index (κ2) is 12.1. The molecule has 0 aliphatic carbocycles. The lowest BCUT2D eigenvalue weighted by Gasteiger charge is -2.40. The average Bonchev–Trinajstić information content (AvgIpc) is 2.95. The molecule has 2 amide bonds. The highest BCUT2D eigenvalue weighted by atomic mass is 79.9. The van der Waals surface area contributed by atoms with Gasteiger partial charge in [0, 0.05) is 58.2 Å². The molecule has 9 nitrogen and oxygen atoms in total. The molecule has 3 aromatic rings. The number of carbonyl (C=O) groups excluding carboxylic acids is 2. The fourth-order valence-electron chi connectivity index (χ4n) is 6.60. The Balaban J connectivity index is 1.03. The van der Waals surface area contributed by atoms with Crippen molar-refractivity contribution in [1.82, 2.24) is 24.9 Å². The number of hydrogen-bond donors (Lipinski definition) is 2. The van der Waals surface area contributed by atoms with Gasteiger partial charge >= 0.3 is 0 Å². The zero-order valence-electron chi connectivity index (χ0n) is 24.1. The highest BCUT2D eigenvalue weighted by Gasteiger charge is 2.32. The van der Waals surface area contributed by atoms with Crippen molar-refractivity contribution in [3.05, 3.63) is 91.8 Å². The summed E-state index contributed by atoms with van der Waals surface area (Å²) in [5, 5.41) is 10.2. The maximum absolute atomic E-state index is 12.3. The van der Waals surface area contributed by atoms with E-state index in [1.165, 1.54) is 21.4 Å². The molecule has 6 rings (SSSR count). The Hall–Kier alpha value is -3.34. The van der Waals surface area contributed by atoms with E-state index in [4.69, 9.17) is 0 Å². The van der Waals surface area contributed by atoms with E-state index >= 15 is 0 Å². The molecule has 0 spiro atoms. The molecule has 10 heteroatoms. The van der Waals surface area contributed by atoms with E-state index < -0.39 is 0 Å². The molecule has 0 bridgehead atoms. The molecule has 0 radical (unpaired) electrons. The number of nitrogens with one attached hydrogen (secondary N) is 2. The molecule has 1 unspecified atom stereocenters. The van der Waals surface area contributed by atoms with Crippen LogP contribution in [0.1, 0.15) is 59.3 Å². The van der Waals surface area contributed by atoms with Crippen molar-refractivity contribution in [3.8, 4) is 0 Å². The first-order valence-electron chi connectivity index (χ1n) is 14.6. The van der Waals surface area contributed by atoms with Crippen LogP contribution in [0.2, 0.25) is 0 Å². The fraction of sp³-hybridized carbons (Fsp3) is 0.438. The standard InChI is InChI=1S/C32H37BrN6O3/c1-37-16-24(13-26(19-37)35-28-14-34-38(2)32(42)30(28)33)21-8-6-20(7-9-21)15-39-17-25(18-39)22-4-3-5-23(12-22)27-10-11-29(40)36-31(27)41/h3-9,12,14,24-27,35H,10-11,13,15-19H2,1-2H3,(H,36,40,41)/t24-,26+,27?/m0/s1. The molecular formula is C32H37BrN6O3. The van der Waals surface area contributed by atoms with Crippen molar-refractivity contribution in [3.63, 3.8) is 0 Å². The van der Waals surface area contributed by atoms with E-state index in [9.17, 15) is 14.4 Å². The fourth-order valence-corrected chi connectivity index (χ4v) is 7.07. The summed E-state index contributed by atoms with van der Waals surface area (Å²) >= 11 is 3.43. The van der Waals surface area contributed by atoms with E-state index in [0.29, 0.717) is 29.2 Å². The van der Waals surface area contributed by atoms with Gasteiger partial charge in [0.15, 0.2) is 0 Å². The summed E-state index contributed by atoms with van der Waals surface area (Å²) in [6.07, 6.45) is 3.67. The Morgan fingerprint density at radius 1 is 0.952 bits per heavy atom. The molecule has 3 atom stereocenters. The number of aromatic nitrogens is 2. The summed E-state index contributed by atoms with van der Waals surface area (Å²) in [5.74, 6) is 0.269. The van der Waals surface area contributed by atoms with Gasteiger partial charge in [-0.25, -0.2) is 4.68 Å². The summed E-state index contributed by atoms with van der Waals surface area (Å²) in [5.41, 5.74) is 5.52. The number of carbonyl (C=O) groups is 2. The maximum atomic E-state index is 12.3. The number of halogens is 1. The number of piperidine rings is 2. The number of nitrogens with zero attached hydrogens (tertiary/aromatic N) is 4. The van der Waals surface area contributed by atoms with E-state index in [0.717, 1.165) is 50.4 Å². The number of rotatable bonds is 7. The van der Waals surface area contributed by atoms with Gasteiger partial charge in [0.25, 0.3) is 5.56 Å². The van der Waals surface area contributed by atoms with Gasteiger partial charge < -0.3 is 10.2 Å². The number of likely N-dealkylation sites (N-methyl/N-ethyl adjacent to an activating group) is 1. The third kappa shape index (κ3) is 6.21. The lowest BCUT2D eigenvalue weighted by molar-refractivity contribution is -0.134. The molecular weight excluding hydrogens is 596 g/mol. The van der Waals surface area contributed by atoms with Crippen molar-refractivity contribution < 1.29 is 9.59 Å².